The first-order chi connectivity index (χ1) is 4.70. The summed E-state index contributed by atoms with van der Waals surface area (Å²) >= 11 is 0. The van der Waals surface area contributed by atoms with Crippen LogP contribution in [0, 0.1) is 5.92 Å². The van der Waals surface area contributed by atoms with Crippen LogP contribution in [0.5, 0.6) is 0 Å². The molecule has 2 rings (SSSR count). The molecule has 2 aliphatic heterocycles. The molecule has 0 spiro atoms. The molecule has 2 bridgehead atoms. The molecule has 0 aromatic rings. The summed E-state index contributed by atoms with van der Waals surface area (Å²) in [4.78, 5) is 0. The van der Waals surface area contributed by atoms with Gasteiger partial charge in [0.2, 0.25) is 0 Å². The second kappa shape index (κ2) is 1.94. The lowest BCUT2D eigenvalue weighted by Gasteiger charge is -2.31. The Morgan fingerprint density at radius 3 is 2.70 bits per heavy atom. The van der Waals surface area contributed by atoms with Gasteiger partial charge in [-0.05, 0) is 0 Å². The minimum atomic E-state index is -0.725. The Morgan fingerprint density at radius 2 is 2.00 bits per heavy atom. The first-order valence-corrected chi connectivity index (χ1v) is 3.65. The molecule has 58 valence electrons. The second-order valence-corrected chi connectivity index (χ2v) is 3.12. The highest BCUT2D eigenvalue weighted by Gasteiger charge is 2.45. The molecule has 2 heterocycles. The van der Waals surface area contributed by atoms with Gasteiger partial charge in [0.1, 0.15) is 0 Å². The first-order valence-electron chi connectivity index (χ1n) is 3.65. The molecule has 3 nitrogen and oxygen atoms in total. The SMILES string of the molecule is CC1COC2(C)OCC1O2. The molecule has 0 amide bonds. The van der Waals surface area contributed by atoms with Crippen molar-refractivity contribution in [2.75, 3.05) is 13.2 Å². The molecule has 2 fully saturated rings. The quantitative estimate of drug-likeness (QED) is 0.502. The minimum absolute atomic E-state index is 0.249. The van der Waals surface area contributed by atoms with Crippen molar-refractivity contribution in [1.29, 1.82) is 0 Å². The van der Waals surface area contributed by atoms with Crippen molar-refractivity contribution in [1.82, 2.24) is 0 Å². The maximum Gasteiger partial charge on any atom is 0.280 e. The largest absolute Gasteiger partial charge is 0.327 e. The van der Waals surface area contributed by atoms with Gasteiger partial charge in [-0.1, -0.05) is 6.92 Å². The number of ether oxygens (including phenoxy) is 3. The van der Waals surface area contributed by atoms with Gasteiger partial charge >= 0.3 is 0 Å². The van der Waals surface area contributed by atoms with Crippen LogP contribution in [0.15, 0.2) is 0 Å². The van der Waals surface area contributed by atoms with Gasteiger partial charge < -0.3 is 14.2 Å². The molecule has 3 atom stereocenters. The van der Waals surface area contributed by atoms with Crippen LogP contribution in [-0.4, -0.2) is 25.3 Å². The Morgan fingerprint density at radius 1 is 1.30 bits per heavy atom. The molecule has 0 N–H and O–H groups in total. The average Bonchev–Trinajstić information content (AvgIpc) is 2.23. The summed E-state index contributed by atoms with van der Waals surface area (Å²) in [5.74, 6) is -0.257. The van der Waals surface area contributed by atoms with E-state index in [2.05, 4.69) is 6.92 Å². The summed E-state index contributed by atoms with van der Waals surface area (Å²) < 4.78 is 16.1. The Bertz CT molecular complexity index is 148. The van der Waals surface area contributed by atoms with Crippen LogP contribution in [-0.2, 0) is 14.2 Å². The standard InChI is InChI=1S/C7H12O3/c1-5-3-8-7(2)9-4-6(5)10-7/h5-6H,3-4H2,1-2H3. The van der Waals surface area contributed by atoms with E-state index >= 15 is 0 Å². The number of rotatable bonds is 0. The van der Waals surface area contributed by atoms with Crippen LogP contribution in [0.3, 0.4) is 0 Å². The van der Waals surface area contributed by atoms with E-state index in [0.29, 0.717) is 12.5 Å². The fourth-order valence-electron chi connectivity index (χ4n) is 1.32. The first kappa shape index (κ1) is 6.58. The average molecular weight is 144 g/mol. The van der Waals surface area contributed by atoms with Crippen LogP contribution >= 0.6 is 0 Å². The molecule has 0 radical (unpaired) electrons. The fourth-order valence-corrected chi connectivity index (χ4v) is 1.32. The fraction of sp³-hybridized carbons (Fsp3) is 1.00. The highest BCUT2D eigenvalue weighted by molar-refractivity contribution is 4.77. The van der Waals surface area contributed by atoms with Crippen molar-refractivity contribution in [3.8, 4) is 0 Å². The van der Waals surface area contributed by atoms with Crippen molar-refractivity contribution >= 4 is 0 Å². The van der Waals surface area contributed by atoms with Crippen LogP contribution in [0.1, 0.15) is 13.8 Å². The Balaban J connectivity index is 2.12. The number of hydrogen-bond acceptors (Lipinski definition) is 3. The zero-order valence-corrected chi connectivity index (χ0v) is 6.29. The van der Waals surface area contributed by atoms with E-state index in [0.717, 1.165) is 6.61 Å². The van der Waals surface area contributed by atoms with Crippen LogP contribution in [0.25, 0.3) is 0 Å². The van der Waals surface area contributed by atoms with E-state index < -0.39 is 5.97 Å². The lowest BCUT2D eigenvalue weighted by atomic mass is 10.1. The molecule has 10 heavy (non-hydrogen) atoms. The van der Waals surface area contributed by atoms with Crippen LogP contribution in [0.2, 0.25) is 0 Å². The van der Waals surface area contributed by atoms with Gasteiger partial charge in [0, 0.05) is 12.8 Å². The third-order valence-corrected chi connectivity index (χ3v) is 2.12. The molecule has 3 unspecified atom stereocenters. The van der Waals surface area contributed by atoms with E-state index in [-0.39, 0.29) is 6.10 Å². The summed E-state index contributed by atoms with van der Waals surface area (Å²) in [7, 11) is 0. The van der Waals surface area contributed by atoms with Crippen molar-refractivity contribution in [2.24, 2.45) is 5.92 Å². The summed E-state index contributed by atoms with van der Waals surface area (Å²) in [5, 5.41) is 0. The minimum Gasteiger partial charge on any atom is -0.327 e. The van der Waals surface area contributed by atoms with Crippen LogP contribution in [0.4, 0.5) is 0 Å². The van der Waals surface area contributed by atoms with Gasteiger partial charge in [0.05, 0.1) is 19.3 Å². The highest BCUT2D eigenvalue weighted by Crippen LogP contribution is 2.33. The predicted molar refractivity (Wildman–Crippen MR) is 34.3 cm³/mol. The molecule has 0 aliphatic carbocycles. The molecule has 0 aromatic carbocycles. The van der Waals surface area contributed by atoms with E-state index in [9.17, 15) is 0 Å². The van der Waals surface area contributed by atoms with E-state index in [4.69, 9.17) is 14.2 Å². The highest BCUT2D eigenvalue weighted by atomic mass is 16.9. The maximum atomic E-state index is 5.45. The molecule has 2 aliphatic rings. The Kier molecular flexibility index (Phi) is 1.27. The van der Waals surface area contributed by atoms with Crippen LogP contribution < -0.4 is 0 Å². The summed E-state index contributed by atoms with van der Waals surface area (Å²) in [6, 6.07) is 0. The zero-order valence-electron chi connectivity index (χ0n) is 6.29. The smallest absolute Gasteiger partial charge is 0.280 e. The summed E-state index contributed by atoms with van der Waals surface area (Å²) in [6.45, 7) is 5.36. The number of hydrogen-bond donors (Lipinski definition) is 0. The second-order valence-electron chi connectivity index (χ2n) is 3.12. The molecule has 0 saturated carbocycles. The van der Waals surface area contributed by atoms with Gasteiger partial charge in [0.25, 0.3) is 5.97 Å². The summed E-state index contributed by atoms with van der Waals surface area (Å²) in [6.07, 6.45) is 0.249. The van der Waals surface area contributed by atoms with Crippen molar-refractivity contribution in [2.45, 2.75) is 25.9 Å². The van der Waals surface area contributed by atoms with E-state index in [1.54, 1.807) is 0 Å². The van der Waals surface area contributed by atoms with Gasteiger partial charge in [-0.15, -0.1) is 0 Å². The summed E-state index contributed by atoms with van der Waals surface area (Å²) in [5.41, 5.74) is 0. The molecule has 3 heteroatoms. The Hall–Kier alpha value is -0.120. The van der Waals surface area contributed by atoms with Crippen molar-refractivity contribution < 1.29 is 14.2 Å². The third-order valence-electron chi connectivity index (χ3n) is 2.12. The zero-order chi connectivity index (χ0) is 7.19. The molecule has 2 saturated heterocycles. The molecular formula is C7H12O3. The predicted octanol–water partition coefficient (Wildman–Crippen LogP) is 0.742. The van der Waals surface area contributed by atoms with E-state index in [1.165, 1.54) is 0 Å². The lowest BCUT2D eigenvalue weighted by molar-refractivity contribution is -0.351. The van der Waals surface area contributed by atoms with Gasteiger partial charge in [-0.2, -0.15) is 0 Å². The van der Waals surface area contributed by atoms with Gasteiger partial charge in [-0.3, -0.25) is 0 Å². The topological polar surface area (TPSA) is 27.7 Å². The monoisotopic (exact) mass is 144 g/mol. The van der Waals surface area contributed by atoms with Gasteiger partial charge in [-0.25, -0.2) is 0 Å². The van der Waals surface area contributed by atoms with Crippen molar-refractivity contribution in [3.05, 3.63) is 0 Å². The third kappa shape index (κ3) is 0.856. The maximum absolute atomic E-state index is 5.45. The van der Waals surface area contributed by atoms with Gasteiger partial charge in [0.15, 0.2) is 0 Å². The number of fused-ring (bicyclic) bond motifs is 2. The molecular weight excluding hydrogens is 132 g/mol. The van der Waals surface area contributed by atoms with E-state index in [1.807, 2.05) is 6.92 Å². The molecule has 0 aromatic heterocycles. The lowest BCUT2D eigenvalue weighted by Crippen LogP contribution is -2.39. The normalized spacial score (nSPS) is 53.4. The Labute approximate surface area is 60.3 Å². The van der Waals surface area contributed by atoms with Crippen molar-refractivity contribution in [3.63, 3.8) is 0 Å².